The Morgan fingerprint density at radius 2 is 1.83 bits per heavy atom. The third kappa shape index (κ3) is 3.54. The Morgan fingerprint density at radius 3 is 2.38 bits per heavy atom. The zero-order chi connectivity index (χ0) is 20.8. The topological polar surface area (TPSA) is 98.3 Å². The number of ether oxygens (including phenoxy) is 1. The van der Waals surface area contributed by atoms with Crippen molar-refractivity contribution in [3.8, 4) is 16.9 Å². The second-order valence-corrected chi connectivity index (χ2v) is 6.35. The van der Waals surface area contributed by atoms with E-state index in [-0.39, 0.29) is 17.7 Å². The Balaban J connectivity index is 1.63. The molecule has 1 aromatic carbocycles. The van der Waals surface area contributed by atoms with Gasteiger partial charge in [0.15, 0.2) is 0 Å². The van der Waals surface area contributed by atoms with Crippen molar-refractivity contribution in [1.82, 2.24) is 4.98 Å². The second kappa shape index (κ2) is 6.69. The van der Waals surface area contributed by atoms with Crippen LogP contribution in [0.5, 0.6) is 5.75 Å². The van der Waals surface area contributed by atoms with Gasteiger partial charge in [-0.1, -0.05) is 12.1 Å². The molecule has 1 amide bonds. The van der Waals surface area contributed by atoms with E-state index in [4.69, 9.17) is 14.9 Å². The summed E-state index contributed by atoms with van der Waals surface area (Å²) >= 11 is 0. The monoisotopic (exact) mass is 402 g/mol. The van der Waals surface area contributed by atoms with Crippen LogP contribution in [0.2, 0.25) is 0 Å². The highest BCUT2D eigenvalue weighted by Crippen LogP contribution is 2.36. The van der Waals surface area contributed by atoms with Crippen LogP contribution in [0.25, 0.3) is 22.3 Å². The Morgan fingerprint density at radius 1 is 1.10 bits per heavy atom. The number of nitrogens with two attached hydrogens (primary N) is 1. The van der Waals surface area contributed by atoms with Crippen molar-refractivity contribution in [2.24, 2.45) is 5.73 Å². The molecule has 0 atom stereocenters. The van der Waals surface area contributed by atoms with Crippen LogP contribution in [0.4, 0.5) is 13.2 Å². The van der Waals surface area contributed by atoms with Crippen LogP contribution in [0.1, 0.15) is 21.6 Å². The average Bonchev–Trinajstić information content (AvgIpc) is 3.29. The molecule has 0 aliphatic heterocycles. The molecule has 0 saturated carbocycles. The van der Waals surface area contributed by atoms with Crippen LogP contribution in [0.3, 0.4) is 0 Å². The first kappa shape index (κ1) is 18.6. The fourth-order valence-electron chi connectivity index (χ4n) is 3.01. The number of nitrogens with one attached hydrogen (secondary N) is 1. The predicted octanol–water partition coefficient (Wildman–Crippen LogP) is 3.92. The van der Waals surface area contributed by atoms with Gasteiger partial charge in [0.2, 0.25) is 0 Å². The smallest absolute Gasteiger partial charge is 0.431 e. The van der Waals surface area contributed by atoms with E-state index in [2.05, 4.69) is 0 Å². The molecule has 148 valence electrons. The summed E-state index contributed by atoms with van der Waals surface area (Å²) in [6.45, 7) is 0.237. The molecule has 0 spiro atoms. The number of halogens is 3. The number of H-pyrrole nitrogens is 1. The minimum absolute atomic E-state index is 0.138. The van der Waals surface area contributed by atoms with Crippen LogP contribution in [-0.4, -0.2) is 10.9 Å². The van der Waals surface area contributed by atoms with E-state index in [1.54, 1.807) is 4.98 Å². The van der Waals surface area contributed by atoms with Crippen molar-refractivity contribution in [2.45, 2.75) is 12.8 Å². The number of aromatic amines is 1. The fraction of sp³-hybridized carbons (Fsp3) is 0.100. The molecule has 0 aliphatic carbocycles. The van der Waals surface area contributed by atoms with Gasteiger partial charge in [-0.15, -0.1) is 0 Å². The highest BCUT2D eigenvalue weighted by atomic mass is 19.4. The van der Waals surface area contributed by atoms with Gasteiger partial charge in [0.1, 0.15) is 34.8 Å². The van der Waals surface area contributed by atoms with E-state index in [1.807, 2.05) is 18.2 Å². The zero-order valence-electron chi connectivity index (χ0n) is 14.7. The van der Waals surface area contributed by atoms with Crippen LogP contribution in [0, 0.1) is 0 Å². The number of benzene rings is 2. The number of alkyl halides is 3. The molecule has 0 unspecified atom stereocenters. The maximum absolute atomic E-state index is 13.4. The molecule has 6 nitrogen and oxygen atoms in total. The number of pyridine rings is 1. The lowest BCUT2D eigenvalue weighted by Gasteiger charge is -2.14. The summed E-state index contributed by atoms with van der Waals surface area (Å²) in [4.78, 5) is 24.8. The van der Waals surface area contributed by atoms with Gasteiger partial charge in [-0.25, -0.2) is 0 Å². The number of rotatable bonds is 5. The number of furan rings is 2. The standard InChI is InChI=1S/C20H13F3N2O4/c21-20(22,23)17-14(8-15(18(24)26)19(27)25-17)10-1-3-12(4-2-10)28-9-11-7-13-5-6-16(11)29-13/h1-8H,9H2,(H2,24,26)(H,25,27). The quantitative estimate of drug-likeness (QED) is 0.529. The maximum Gasteiger partial charge on any atom is 0.431 e. The molecule has 0 aliphatic rings. The number of hydrogen-bond donors (Lipinski definition) is 2. The van der Waals surface area contributed by atoms with E-state index < -0.39 is 28.9 Å². The molecule has 0 radical (unpaired) electrons. The van der Waals surface area contributed by atoms with Crippen molar-refractivity contribution in [3.05, 3.63) is 75.7 Å². The van der Waals surface area contributed by atoms with Gasteiger partial charge < -0.3 is 19.9 Å². The molecule has 29 heavy (non-hydrogen) atoms. The molecule has 3 heterocycles. The molecule has 3 N–H and O–H groups in total. The Hall–Kier alpha value is -3.75. The van der Waals surface area contributed by atoms with E-state index >= 15 is 0 Å². The van der Waals surface area contributed by atoms with Gasteiger partial charge >= 0.3 is 6.18 Å². The summed E-state index contributed by atoms with van der Waals surface area (Å²) in [5.74, 6) is -0.688. The number of hydrogen-bond acceptors (Lipinski definition) is 4. The van der Waals surface area contributed by atoms with Gasteiger partial charge in [-0.2, -0.15) is 13.2 Å². The summed E-state index contributed by atoms with van der Waals surface area (Å²) in [6.07, 6.45) is -4.82. The van der Waals surface area contributed by atoms with Crippen LogP contribution in [0.15, 0.2) is 57.7 Å². The number of amides is 1. The minimum atomic E-state index is -4.82. The number of carbonyl (C=O) groups excluding carboxylic acids is 1. The predicted molar refractivity (Wildman–Crippen MR) is 97.8 cm³/mol. The van der Waals surface area contributed by atoms with Gasteiger partial charge in [0.25, 0.3) is 11.5 Å². The molecule has 2 bridgehead atoms. The summed E-state index contributed by atoms with van der Waals surface area (Å²) in [5.41, 5.74) is 4.15. The minimum Gasteiger partial charge on any atom is -0.489 e. The first-order chi connectivity index (χ1) is 13.7. The first-order valence-corrected chi connectivity index (χ1v) is 8.41. The fourth-order valence-corrected chi connectivity index (χ4v) is 3.01. The van der Waals surface area contributed by atoms with E-state index in [0.29, 0.717) is 11.3 Å². The van der Waals surface area contributed by atoms with E-state index in [0.717, 1.165) is 17.2 Å². The largest absolute Gasteiger partial charge is 0.489 e. The van der Waals surface area contributed by atoms with Gasteiger partial charge in [0.05, 0.1) is 0 Å². The van der Waals surface area contributed by atoms with Gasteiger partial charge in [0, 0.05) is 11.1 Å². The van der Waals surface area contributed by atoms with Gasteiger partial charge in [-0.05, 0) is 42.0 Å². The highest BCUT2D eigenvalue weighted by Gasteiger charge is 2.36. The molecule has 9 heteroatoms. The van der Waals surface area contributed by atoms with Crippen molar-refractivity contribution in [2.75, 3.05) is 0 Å². The maximum atomic E-state index is 13.4. The van der Waals surface area contributed by atoms with E-state index in [1.165, 1.54) is 24.3 Å². The lowest BCUT2D eigenvalue weighted by molar-refractivity contribution is -0.140. The third-order valence-electron chi connectivity index (χ3n) is 4.41. The van der Waals surface area contributed by atoms with Crippen LogP contribution >= 0.6 is 0 Å². The lowest BCUT2D eigenvalue weighted by Crippen LogP contribution is -2.27. The Labute approximate surface area is 161 Å². The molecule has 0 fully saturated rings. The van der Waals surface area contributed by atoms with Crippen LogP contribution in [-0.2, 0) is 12.8 Å². The highest BCUT2D eigenvalue weighted by molar-refractivity contribution is 5.94. The van der Waals surface area contributed by atoms with Gasteiger partial charge in [-0.3, -0.25) is 9.59 Å². The SMILES string of the molecule is NC(=O)c1cc(-c2ccc(OCc3cc4ccc3o4)cc2)c(C(F)(F)F)[nH]c1=O. The molecular weight excluding hydrogens is 389 g/mol. The lowest BCUT2D eigenvalue weighted by atomic mass is 10.0. The van der Waals surface area contributed by atoms with Crippen molar-refractivity contribution < 1.29 is 27.1 Å². The third-order valence-corrected chi connectivity index (χ3v) is 4.41. The number of fused-ring (bicyclic) bond motifs is 2. The number of aromatic nitrogens is 1. The van der Waals surface area contributed by atoms with Crippen molar-refractivity contribution in [3.63, 3.8) is 0 Å². The summed E-state index contributed by atoms with van der Waals surface area (Å²) in [5, 5.41) is 0. The number of primary amides is 1. The summed E-state index contributed by atoms with van der Waals surface area (Å²) in [6, 6.07) is 12.1. The molecular formula is C20H13F3N2O4. The van der Waals surface area contributed by atoms with Crippen LogP contribution < -0.4 is 16.0 Å². The second-order valence-electron chi connectivity index (χ2n) is 6.35. The molecule has 0 saturated heterocycles. The Bertz CT molecular complexity index is 1240. The molecule has 3 aromatic heterocycles. The summed E-state index contributed by atoms with van der Waals surface area (Å²) in [7, 11) is 0. The number of carbonyl (C=O) groups is 1. The average molecular weight is 402 g/mol. The molecule has 4 aromatic rings. The summed E-state index contributed by atoms with van der Waals surface area (Å²) < 4.78 is 51.1. The molecule has 4 rings (SSSR count). The van der Waals surface area contributed by atoms with E-state index in [9.17, 15) is 22.8 Å². The normalized spacial score (nSPS) is 11.8. The first-order valence-electron chi connectivity index (χ1n) is 8.41. The zero-order valence-corrected chi connectivity index (χ0v) is 14.7. The van der Waals surface area contributed by atoms with Crippen molar-refractivity contribution >= 4 is 17.1 Å². The van der Waals surface area contributed by atoms with Crippen molar-refractivity contribution in [1.29, 1.82) is 0 Å². The Kier molecular flexibility index (Phi) is 4.30.